The van der Waals surface area contributed by atoms with Crippen molar-refractivity contribution < 1.29 is 40.9 Å². The van der Waals surface area contributed by atoms with Gasteiger partial charge in [0, 0.05) is 72.9 Å². The van der Waals surface area contributed by atoms with Crippen molar-refractivity contribution in [2.24, 2.45) is 0 Å². The molecule has 3 aromatic carbocycles. The van der Waals surface area contributed by atoms with Gasteiger partial charge in [-0.25, -0.2) is 17.2 Å². The lowest BCUT2D eigenvalue weighted by Gasteiger charge is -2.26. The summed E-state index contributed by atoms with van der Waals surface area (Å²) < 4.78 is 76.8. The van der Waals surface area contributed by atoms with Crippen molar-refractivity contribution in [2.75, 3.05) is 56.8 Å². The van der Waals surface area contributed by atoms with Crippen molar-refractivity contribution in [1.82, 2.24) is 14.5 Å². The topological polar surface area (TPSA) is 138 Å². The van der Waals surface area contributed by atoms with E-state index in [9.17, 15) is 22.4 Å². The molecule has 2 aliphatic rings. The third-order valence-corrected chi connectivity index (χ3v) is 10.5. The molecule has 15 heteroatoms. The first kappa shape index (κ1) is 34.9. The fourth-order valence-electron chi connectivity index (χ4n) is 6.16. The summed E-state index contributed by atoms with van der Waals surface area (Å²) in [5.41, 5.74) is 0.682. The normalized spacial score (nSPS) is 15.1. The minimum absolute atomic E-state index is 0.0755. The maximum atomic E-state index is 15.5. The number of halogens is 2. The molecule has 0 spiro atoms. The van der Waals surface area contributed by atoms with Crippen LogP contribution in [0.5, 0.6) is 28.7 Å². The van der Waals surface area contributed by atoms with E-state index in [4.69, 9.17) is 18.9 Å². The van der Waals surface area contributed by atoms with E-state index in [-0.39, 0.29) is 40.9 Å². The highest BCUT2D eigenvalue weighted by Gasteiger charge is 2.27. The van der Waals surface area contributed by atoms with Gasteiger partial charge >= 0.3 is 0 Å². The first-order valence-electron chi connectivity index (χ1n) is 16.6. The van der Waals surface area contributed by atoms with Crippen LogP contribution in [-0.2, 0) is 16.3 Å². The Kier molecular flexibility index (Phi) is 9.79. The fourth-order valence-corrected chi connectivity index (χ4v) is 7.44. The number of fused-ring (bicyclic) bond motifs is 2. The summed E-state index contributed by atoms with van der Waals surface area (Å²) in [7, 11) is -1.44. The van der Waals surface area contributed by atoms with Crippen molar-refractivity contribution in [1.29, 1.82) is 0 Å². The third-order valence-electron chi connectivity index (χ3n) is 8.90. The fraction of sp³-hybridized carbons (Fsp3) is 0.270. The van der Waals surface area contributed by atoms with Gasteiger partial charge in [0.25, 0.3) is 11.5 Å². The van der Waals surface area contributed by atoms with Gasteiger partial charge in [0.15, 0.2) is 32.9 Å². The molecule has 0 radical (unpaired) electrons. The van der Waals surface area contributed by atoms with E-state index in [0.717, 1.165) is 6.07 Å². The van der Waals surface area contributed by atoms with Crippen LogP contribution in [0.3, 0.4) is 0 Å². The Bertz CT molecular complexity index is 2320. The summed E-state index contributed by atoms with van der Waals surface area (Å²) >= 11 is 0. The molecule has 1 fully saturated rings. The predicted molar refractivity (Wildman–Crippen MR) is 189 cm³/mol. The van der Waals surface area contributed by atoms with Gasteiger partial charge < -0.3 is 29.2 Å². The van der Waals surface area contributed by atoms with Crippen molar-refractivity contribution in [2.45, 2.75) is 12.8 Å². The van der Waals surface area contributed by atoms with Crippen LogP contribution in [0.25, 0.3) is 16.6 Å². The lowest BCUT2D eigenvalue weighted by atomic mass is 10.1. The number of pyridine rings is 2. The highest BCUT2D eigenvalue weighted by molar-refractivity contribution is 7.91. The second kappa shape index (κ2) is 14.6. The number of benzene rings is 3. The second-order valence-corrected chi connectivity index (χ2v) is 14.6. The molecule has 0 bridgehead atoms. The lowest BCUT2D eigenvalue weighted by Crippen LogP contribution is -2.40. The summed E-state index contributed by atoms with van der Waals surface area (Å²) in [6.45, 7) is 2.39. The maximum Gasteiger partial charge on any atom is 0.271 e. The number of ether oxygens (including phenoxy) is 4. The summed E-state index contributed by atoms with van der Waals surface area (Å²) in [5, 5.41) is 3.12. The van der Waals surface area contributed by atoms with Gasteiger partial charge in [-0.3, -0.25) is 19.1 Å². The predicted octanol–water partition coefficient (Wildman–Crippen LogP) is 5.15. The number of nitrogens with one attached hydrogen (secondary N) is 1. The number of amides is 1. The minimum atomic E-state index is -2.94. The third kappa shape index (κ3) is 7.41. The van der Waals surface area contributed by atoms with Gasteiger partial charge in [0.2, 0.25) is 0 Å². The molecule has 4 heterocycles. The quantitative estimate of drug-likeness (QED) is 0.182. The summed E-state index contributed by atoms with van der Waals surface area (Å²) in [5.74, 6) is -0.488. The number of aromatic nitrogens is 2. The molecule has 1 amide bonds. The van der Waals surface area contributed by atoms with Gasteiger partial charge in [-0.1, -0.05) is 0 Å². The average molecular weight is 733 g/mol. The van der Waals surface area contributed by atoms with Crippen molar-refractivity contribution in [3.8, 4) is 34.4 Å². The van der Waals surface area contributed by atoms with Gasteiger partial charge in [-0.05, 0) is 55.0 Å². The van der Waals surface area contributed by atoms with E-state index < -0.39 is 32.9 Å². The zero-order valence-corrected chi connectivity index (χ0v) is 28.9. The van der Waals surface area contributed by atoms with Gasteiger partial charge in [-0.15, -0.1) is 0 Å². The number of hydrogen-bond donors (Lipinski definition) is 1. The number of methoxy groups -OCH3 is 1. The minimum Gasteiger partial charge on any atom is -0.493 e. The Hall–Kier alpha value is -5.54. The van der Waals surface area contributed by atoms with Crippen molar-refractivity contribution in [3.05, 3.63) is 106 Å². The second-order valence-electron chi connectivity index (χ2n) is 12.3. The molecular formula is C37H34F2N4O8S. The number of hydrogen-bond acceptors (Lipinski definition) is 10. The van der Waals surface area contributed by atoms with E-state index in [1.165, 1.54) is 54.3 Å². The summed E-state index contributed by atoms with van der Waals surface area (Å²) in [6.07, 6.45) is 4.24. The van der Waals surface area contributed by atoms with Gasteiger partial charge in [-0.2, -0.15) is 0 Å². The first-order chi connectivity index (χ1) is 25.1. The van der Waals surface area contributed by atoms with E-state index in [1.807, 2.05) is 0 Å². The van der Waals surface area contributed by atoms with E-state index in [1.54, 1.807) is 24.4 Å². The molecule has 1 N–H and O–H groups in total. The van der Waals surface area contributed by atoms with Crippen molar-refractivity contribution >= 4 is 32.3 Å². The SMILES string of the molecule is COc1cc2c(Oc3ccc(NC(=O)c4c5c(cn(-c6ccc(F)cc6)c4=O)CCO5)cc3F)ccnc2cc1OCCCN1CCS(=O)(=O)CC1. The average Bonchev–Trinajstić information content (AvgIpc) is 3.60. The zero-order chi connectivity index (χ0) is 36.4. The molecule has 2 aromatic heterocycles. The van der Waals surface area contributed by atoms with Crippen LogP contribution in [0.1, 0.15) is 22.3 Å². The van der Waals surface area contributed by atoms with Crippen LogP contribution < -0.4 is 29.8 Å². The van der Waals surface area contributed by atoms with Crippen LogP contribution in [0.4, 0.5) is 14.5 Å². The molecule has 52 heavy (non-hydrogen) atoms. The molecule has 0 unspecified atom stereocenters. The number of rotatable bonds is 11. The highest BCUT2D eigenvalue weighted by Crippen LogP contribution is 2.38. The summed E-state index contributed by atoms with van der Waals surface area (Å²) in [4.78, 5) is 33.5. The van der Waals surface area contributed by atoms with Crippen LogP contribution >= 0.6 is 0 Å². The van der Waals surface area contributed by atoms with Crippen molar-refractivity contribution in [3.63, 3.8) is 0 Å². The maximum absolute atomic E-state index is 15.5. The molecule has 5 aromatic rings. The van der Waals surface area contributed by atoms with Crippen LogP contribution in [0.15, 0.2) is 77.9 Å². The first-order valence-corrected chi connectivity index (χ1v) is 18.4. The molecule has 7 rings (SSSR count). The largest absolute Gasteiger partial charge is 0.493 e. The van der Waals surface area contributed by atoms with E-state index in [0.29, 0.717) is 78.5 Å². The van der Waals surface area contributed by atoms with E-state index >= 15 is 4.39 Å². The Labute approximate surface area is 297 Å². The number of sulfone groups is 1. The number of carbonyl (C=O) groups excluding carboxylic acids is 1. The monoisotopic (exact) mass is 732 g/mol. The highest BCUT2D eigenvalue weighted by atomic mass is 32.2. The molecule has 2 aliphatic heterocycles. The van der Waals surface area contributed by atoms with E-state index in [2.05, 4.69) is 15.2 Å². The Morgan fingerprint density at radius 1 is 0.981 bits per heavy atom. The number of carbonyl (C=O) groups is 1. The van der Waals surface area contributed by atoms with Crippen LogP contribution in [0, 0.1) is 11.6 Å². The molecule has 0 atom stereocenters. The molecule has 270 valence electrons. The Morgan fingerprint density at radius 2 is 1.77 bits per heavy atom. The van der Waals surface area contributed by atoms with Gasteiger partial charge in [0.1, 0.15) is 22.9 Å². The smallest absolute Gasteiger partial charge is 0.271 e. The molecule has 12 nitrogen and oxygen atoms in total. The van der Waals surface area contributed by atoms with Crippen LogP contribution in [-0.4, -0.2) is 80.2 Å². The molecular weight excluding hydrogens is 698 g/mol. The Morgan fingerprint density at radius 3 is 2.52 bits per heavy atom. The zero-order valence-electron chi connectivity index (χ0n) is 28.1. The number of nitrogens with zero attached hydrogens (tertiary/aromatic N) is 3. The summed E-state index contributed by atoms with van der Waals surface area (Å²) in [6, 6.07) is 14.1. The lowest BCUT2D eigenvalue weighted by molar-refractivity contribution is 0.102. The standard InChI is InChI=1S/C37H34F2N4O8S/c1-48-32-20-27-29(21-33(32)49-15-2-12-42-13-17-52(46,47)18-14-42)40-11-9-30(27)51-31-8-5-25(19-28(31)39)41-36(44)34-35-23(10-16-50-35)22-43(37(34)45)26-6-3-24(38)4-7-26/h3-9,11,19-22H,2,10,12-18H2,1H3,(H,41,44). The van der Waals surface area contributed by atoms with Crippen LogP contribution in [0.2, 0.25) is 0 Å². The molecule has 0 aliphatic carbocycles. The number of anilines is 1. The van der Waals surface area contributed by atoms with Gasteiger partial charge in [0.05, 0.1) is 37.3 Å². The Balaban J connectivity index is 1.05. The molecule has 1 saturated heterocycles. The molecule has 0 saturated carbocycles.